The van der Waals surface area contributed by atoms with E-state index in [2.05, 4.69) is 52.3 Å². The SMILES string of the molecule is c1ccc(CCN2CCC(NC3CCCSC3)C2)cc1. The third-order valence-electron chi connectivity index (χ3n) is 4.46. The predicted octanol–water partition coefficient (Wildman–Crippen LogP) is 2.79. The van der Waals surface area contributed by atoms with Crippen molar-refractivity contribution >= 4 is 11.8 Å². The summed E-state index contributed by atoms with van der Waals surface area (Å²) in [5.41, 5.74) is 1.47. The van der Waals surface area contributed by atoms with Gasteiger partial charge in [-0.1, -0.05) is 30.3 Å². The van der Waals surface area contributed by atoms with Crippen LogP contribution < -0.4 is 5.32 Å². The Bertz CT molecular complexity index is 389. The van der Waals surface area contributed by atoms with Gasteiger partial charge in [-0.25, -0.2) is 0 Å². The van der Waals surface area contributed by atoms with Crippen LogP contribution in [0.5, 0.6) is 0 Å². The van der Waals surface area contributed by atoms with Gasteiger partial charge in [-0.05, 0) is 43.5 Å². The highest BCUT2D eigenvalue weighted by molar-refractivity contribution is 7.99. The molecular weight excluding hydrogens is 264 g/mol. The fourth-order valence-corrected chi connectivity index (χ4v) is 4.39. The number of benzene rings is 1. The van der Waals surface area contributed by atoms with Gasteiger partial charge in [0.05, 0.1) is 0 Å². The van der Waals surface area contributed by atoms with Crippen molar-refractivity contribution in [1.29, 1.82) is 0 Å². The molecular formula is C17H26N2S. The van der Waals surface area contributed by atoms with Gasteiger partial charge in [0, 0.05) is 30.9 Å². The molecule has 1 aromatic rings. The minimum absolute atomic E-state index is 0.731. The molecule has 3 heteroatoms. The lowest BCUT2D eigenvalue weighted by molar-refractivity contribution is 0.325. The van der Waals surface area contributed by atoms with E-state index in [0.717, 1.165) is 12.1 Å². The zero-order valence-corrected chi connectivity index (χ0v) is 13.1. The zero-order chi connectivity index (χ0) is 13.6. The first kappa shape index (κ1) is 14.4. The van der Waals surface area contributed by atoms with Gasteiger partial charge in [0.15, 0.2) is 0 Å². The molecule has 2 nitrogen and oxygen atoms in total. The van der Waals surface area contributed by atoms with Crippen molar-refractivity contribution < 1.29 is 0 Å². The smallest absolute Gasteiger partial charge is 0.0210 e. The van der Waals surface area contributed by atoms with Crippen molar-refractivity contribution in [3.63, 3.8) is 0 Å². The van der Waals surface area contributed by atoms with Gasteiger partial charge in [0.2, 0.25) is 0 Å². The maximum atomic E-state index is 3.88. The van der Waals surface area contributed by atoms with Crippen molar-refractivity contribution in [2.24, 2.45) is 0 Å². The molecule has 1 N–H and O–H groups in total. The molecule has 110 valence electrons. The molecule has 2 heterocycles. The Morgan fingerprint density at radius 3 is 2.85 bits per heavy atom. The van der Waals surface area contributed by atoms with E-state index in [0.29, 0.717) is 0 Å². The lowest BCUT2D eigenvalue weighted by Crippen LogP contribution is -2.42. The normalized spacial score (nSPS) is 27.8. The maximum absolute atomic E-state index is 3.88. The molecule has 2 saturated heterocycles. The molecule has 0 aromatic heterocycles. The Morgan fingerprint density at radius 2 is 2.05 bits per heavy atom. The maximum Gasteiger partial charge on any atom is 0.0210 e. The summed E-state index contributed by atoms with van der Waals surface area (Å²) in [5, 5.41) is 3.88. The van der Waals surface area contributed by atoms with Crippen LogP contribution in [-0.4, -0.2) is 48.1 Å². The van der Waals surface area contributed by atoms with E-state index in [1.54, 1.807) is 0 Å². The molecule has 1 aromatic carbocycles. The van der Waals surface area contributed by atoms with Gasteiger partial charge in [0.1, 0.15) is 0 Å². The van der Waals surface area contributed by atoms with Crippen molar-refractivity contribution in [3.05, 3.63) is 35.9 Å². The van der Waals surface area contributed by atoms with Crippen LogP contribution in [0.3, 0.4) is 0 Å². The predicted molar refractivity (Wildman–Crippen MR) is 88.5 cm³/mol. The summed E-state index contributed by atoms with van der Waals surface area (Å²) < 4.78 is 0. The lowest BCUT2D eigenvalue weighted by Gasteiger charge is -2.26. The van der Waals surface area contributed by atoms with Crippen LogP contribution in [0.2, 0.25) is 0 Å². The van der Waals surface area contributed by atoms with E-state index >= 15 is 0 Å². The van der Waals surface area contributed by atoms with Crippen LogP contribution in [0.4, 0.5) is 0 Å². The number of nitrogens with zero attached hydrogens (tertiary/aromatic N) is 1. The fraction of sp³-hybridized carbons (Fsp3) is 0.647. The highest BCUT2D eigenvalue weighted by atomic mass is 32.2. The Morgan fingerprint density at radius 1 is 1.15 bits per heavy atom. The number of nitrogens with one attached hydrogen (secondary N) is 1. The molecule has 0 spiro atoms. The summed E-state index contributed by atoms with van der Waals surface area (Å²) in [4.78, 5) is 2.63. The van der Waals surface area contributed by atoms with E-state index in [-0.39, 0.29) is 0 Å². The molecule has 2 fully saturated rings. The minimum atomic E-state index is 0.731. The average Bonchev–Trinajstić information content (AvgIpc) is 2.95. The summed E-state index contributed by atoms with van der Waals surface area (Å²) in [6.07, 6.45) is 5.29. The number of hydrogen-bond donors (Lipinski definition) is 1. The van der Waals surface area contributed by atoms with E-state index in [4.69, 9.17) is 0 Å². The number of rotatable bonds is 5. The summed E-state index contributed by atoms with van der Waals surface area (Å²) in [6, 6.07) is 12.4. The standard InChI is InChI=1S/C17H26N2S/c1-2-5-15(6-3-1)8-10-19-11-9-16(13-19)18-17-7-4-12-20-14-17/h1-3,5-6,16-18H,4,7-14H2. The minimum Gasteiger partial charge on any atom is -0.309 e. The highest BCUT2D eigenvalue weighted by Gasteiger charge is 2.25. The molecule has 0 amide bonds. The van der Waals surface area contributed by atoms with Crippen LogP contribution in [0, 0.1) is 0 Å². The third-order valence-corrected chi connectivity index (χ3v) is 5.68. The zero-order valence-electron chi connectivity index (χ0n) is 12.3. The number of thioether (sulfide) groups is 1. The molecule has 0 aliphatic carbocycles. The highest BCUT2D eigenvalue weighted by Crippen LogP contribution is 2.19. The second-order valence-corrected chi connectivity index (χ2v) is 7.25. The Kier molecular flexibility index (Phi) is 5.40. The van der Waals surface area contributed by atoms with Crippen LogP contribution in [0.15, 0.2) is 30.3 Å². The average molecular weight is 290 g/mol. The van der Waals surface area contributed by atoms with E-state index in [1.165, 1.54) is 62.4 Å². The Balaban J connectivity index is 1.38. The van der Waals surface area contributed by atoms with Gasteiger partial charge in [-0.3, -0.25) is 0 Å². The number of hydrogen-bond acceptors (Lipinski definition) is 3. The van der Waals surface area contributed by atoms with Crippen molar-refractivity contribution in [3.8, 4) is 0 Å². The van der Waals surface area contributed by atoms with Gasteiger partial charge >= 0.3 is 0 Å². The molecule has 2 aliphatic heterocycles. The molecule has 2 aliphatic rings. The van der Waals surface area contributed by atoms with Gasteiger partial charge < -0.3 is 10.2 Å². The van der Waals surface area contributed by atoms with Crippen LogP contribution in [0.1, 0.15) is 24.8 Å². The van der Waals surface area contributed by atoms with Crippen molar-refractivity contribution in [1.82, 2.24) is 10.2 Å². The Hall–Kier alpha value is -0.510. The second-order valence-electron chi connectivity index (χ2n) is 6.10. The van der Waals surface area contributed by atoms with Crippen molar-refractivity contribution in [2.75, 3.05) is 31.1 Å². The molecule has 0 saturated carbocycles. The first-order chi connectivity index (χ1) is 9.90. The summed E-state index contributed by atoms with van der Waals surface area (Å²) >= 11 is 2.12. The first-order valence-corrected chi connectivity index (χ1v) is 9.16. The van der Waals surface area contributed by atoms with Crippen LogP contribution in [-0.2, 0) is 6.42 Å². The van der Waals surface area contributed by atoms with E-state index in [9.17, 15) is 0 Å². The van der Waals surface area contributed by atoms with Gasteiger partial charge in [0.25, 0.3) is 0 Å². The van der Waals surface area contributed by atoms with E-state index in [1.807, 2.05) is 0 Å². The molecule has 2 atom stereocenters. The molecule has 20 heavy (non-hydrogen) atoms. The summed E-state index contributed by atoms with van der Waals surface area (Å²) in [6.45, 7) is 3.72. The topological polar surface area (TPSA) is 15.3 Å². The Labute approximate surface area is 127 Å². The largest absolute Gasteiger partial charge is 0.309 e. The van der Waals surface area contributed by atoms with Crippen LogP contribution >= 0.6 is 11.8 Å². The molecule has 0 radical (unpaired) electrons. The fourth-order valence-electron chi connectivity index (χ4n) is 3.31. The van der Waals surface area contributed by atoms with Gasteiger partial charge in [-0.15, -0.1) is 0 Å². The monoisotopic (exact) mass is 290 g/mol. The number of likely N-dealkylation sites (tertiary alicyclic amines) is 1. The van der Waals surface area contributed by atoms with Crippen LogP contribution in [0.25, 0.3) is 0 Å². The molecule has 0 bridgehead atoms. The van der Waals surface area contributed by atoms with E-state index < -0.39 is 0 Å². The first-order valence-electron chi connectivity index (χ1n) is 8.00. The third kappa shape index (κ3) is 4.24. The summed E-state index contributed by atoms with van der Waals surface area (Å²) in [5.74, 6) is 2.69. The molecule has 3 rings (SSSR count). The van der Waals surface area contributed by atoms with Gasteiger partial charge in [-0.2, -0.15) is 11.8 Å². The summed E-state index contributed by atoms with van der Waals surface area (Å²) in [7, 11) is 0. The molecule has 2 unspecified atom stereocenters. The second kappa shape index (κ2) is 7.48. The lowest BCUT2D eigenvalue weighted by atomic mass is 10.1. The quantitative estimate of drug-likeness (QED) is 0.898. The van der Waals surface area contributed by atoms with Crippen molar-refractivity contribution in [2.45, 2.75) is 37.8 Å².